The largest absolute Gasteiger partial charge is 0.394 e. The van der Waals surface area contributed by atoms with E-state index >= 15 is 0 Å². The fourth-order valence-electron chi connectivity index (χ4n) is 1.44. The van der Waals surface area contributed by atoms with E-state index in [4.69, 9.17) is 9.84 Å². The molecule has 3 N–H and O–H groups in total. The Hall–Kier alpha value is -0.650. The summed E-state index contributed by atoms with van der Waals surface area (Å²) >= 11 is 0. The Kier molecular flexibility index (Phi) is 11.4. The van der Waals surface area contributed by atoms with Gasteiger partial charge in [-0.1, -0.05) is 13.8 Å². The lowest BCUT2D eigenvalue weighted by Crippen LogP contribution is -2.40. The van der Waals surface area contributed by atoms with Crippen LogP contribution in [-0.2, 0) is 9.53 Å². The van der Waals surface area contributed by atoms with E-state index < -0.39 is 0 Å². The summed E-state index contributed by atoms with van der Waals surface area (Å²) in [6, 6.07) is 0.289. The minimum absolute atomic E-state index is 0.0509. The zero-order valence-electron chi connectivity index (χ0n) is 11.0. The monoisotopic (exact) mass is 246 g/mol. The molecule has 0 aliphatic rings. The summed E-state index contributed by atoms with van der Waals surface area (Å²) in [4.78, 5) is 11.5. The fourth-order valence-corrected chi connectivity index (χ4v) is 1.44. The molecule has 0 heterocycles. The molecule has 0 rings (SSSR count). The van der Waals surface area contributed by atoms with Gasteiger partial charge in [0.05, 0.1) is 19.8 Å². The van der Waals surface area contributed by atoms with E-state index in [1.165, 1.54) is 0 Å². The zero-order chi connectivity index (χ0) is 12.9. The van der Waals surface area contributed by atoms with Crippen molar-refractivity contribution < 1.29 is 14.6 Å². The van der Waals surface area contributed by atoms with Crippen molar-refractivity contribution in [3.05, 3.63) is 0 Å². The van der Waals surface area contributed by atoms with Crippen molar-refractivity contribution in [3.63, 3.8) is 0 Å². The molecule has 0 radical (unpaired) electrons. The van der Waals surface area contributed by atoms with Gasteiger partial charge in [-0.05, 0) is 25.8 Å². The van der Waals surface area contributed by atoms with E-state index in [0.717, 1.165) is 25.8 Å². The van der Waals surface area contributed by atoms with Crippen LogP contribution in [0.3, 0.4) is 0 Å². The van der Waals surface area contributed by atoms with Crippen LogP contribution in [0.5, 0.6) is 0 Å². The molecule has 0 aromatic carbocycles. The molecule has 0 aromatic rings. The van der Waals surface area contributed by atoms with Crippen molar-refractivity contribution in [1.82, 2.24) is 10.6 Å². The number of carbonyl (C=O) groups is 1. The molecule has 0 aliphatic heterocycles. The van der Waals surface area contributed by atoms with Crippen molar-refractivity contribution in [1.29, 1.82) is 0 Å². The Morgan fingerprint density at radius 3 is 2.59 bits per heavy atom. The number of rotatable bonds is 11. The number of aliphatic hydroxyl groups excluding tert-OH is 1. The average Bonchev–Trinajstić information content (AvgIpc) is 2.34. The molecule has 0 aromatic heterocycles. The highest BCUT2D eigenvalue weighted by molar-refractivity contribution is 5.78. The van der Waals surface area contributed by atoms with Crippen LogP contribution in [0.4, 0.5) is 0 Å². The van der Waals surface area contributed by atoms with E-state index in [0.29, 0.717) is 19.8 Å². The molecular weight excluding hydrogens is 220 g/mol. The summed E-state index contributed by atoms with van der Waals surface area (Å²) in [6.45, 7) is 6.31. The Morgan fingerprint density at radius 1 is 1.29 bits per heavy atom. The zero-order valence-corrected chi connectivity index (χ0v) is 11.0. The molecular formula is C12H26N2O3. The summed E-state index contributed by atoms with van der Waals surface area (Å²) in [7, 11) is 0. The highest BCUT2D eigenvalue weighted by Crippen LogP contribution is 1.94. The number of ether oxygens (including phenoxy) is 1. The van der Waals surface area contributed by atoms with Crippen molar-refractivity contribution in [3.8, 4) is 0 Å². The predicted molar refractivity (Wildman–Crippen MR) is 67.9 cm³/mol. The summed E-state index contributed by atoms with van der Waals surface area (Å²) in [5, 5.41) is 14.5. The first-order valence-corrected chi connectivity index (χ1v) is 6.43. The molecule has 0 spiro atoms. The third-order valence-corrected chi connectivity index (χ3v) is 2.51. The number of hydrogen-bond donors (Lipinski definition) is 3. The molecule has 0 atom stereocenters. The van der Waals surface area contributed by atoms with Gasteiger partial charge < -0.3 is 20.5 Å². The molecule has 0 fully saturated rings. The van der Waals surface area contributed by atoms with E-state index in [1.54, 1.807) is 0 Å². The average molecular weight is 246 g/mol. The molecule has 0 bridgehead atoms. The van der Waals surface area contributed by atoms with E-state index in [1.807, 2.05) is 0 Å². The Balaban J connectivity index is 3.33. The van der Waals surface area contributed by atoms with Crippen LogP contribution < -0.4 is 10.6 Å². The topological polar surface area (TPSA) is 70.6 Å². The molecule has 5 nitrogen and oxygen atoms in total. The fraction of sp³-hybridized carbons (Fsp3) is 0.917. The Labute approximate surface area is 104 Å². The van der Waals surface area contributed by atoms with Crippen LogP contribution in [0.15, 0.2) is 0 Å². The van der Waals surface area contributed by atoms with Gasteiger partial charge in [0, 0.05) is 12.6 Å². The van der Waals surface area contributed by atoms with E-state index in [-0.39, 0.29) is 18.6 Å². The molecule has 0 saturated heterocycles. The predicted octanol–water partition coefficient (Wildman–Crippen LogP) is 0.280. The van der Waals surface area contributed by atoms with Gasteiger partial charge >= 0.3 is 0 Å². The second-order valence-electron chi connectivity index (χ2n) is 3.95. The molecule has 0 saturated carbocycles. The third-order valence-electron chi connectivity index (χ3n) is 2.51. The van der Waals surface area contributed by atoms with E-state index in [9.17, 15) is 4.79 Å². The SMILES string of the molecule is CCC(CC)NC(=O)CNCCCOCCO. The maximum absolute atomic E-state index is 11.5. The second-order valence-corrected chi connectivity index (χ2v) is 3.95. The molecule has 0 aliphatic carbocycles. The van der Waals surface area contributed by atoms with Gasteiger partial charge in [0.1, 0.15) is 0 Å². The Morgan fingerprint density at radius 2 is 2.00 bits per heavy atom. The van der Waals surface area contributed by atoms with Crippen molar-refractivity contribution in [2.45, 2.75) is 39.2 Å². The first-order valence-electron chi connectivity index (χ1n) is 6.43. The lowest BCUT2D eigenvalue weighted by Gasteiger charge is -2.14. The first-order chi connectivity index (χ1) is 8.24. The van der Waals surface area contributed by atoms with E-state index in [2.05, 4.69) is 24.5 Å². The summed E-state index contributed by atoms with van der Waals surface area (Å²) in [6.07, 6.45) is 2.78. The van der Waals surface area contributed by atoms with Crippen LogP contribution in [0.1, 0.15) is 33.1 Å². The standard InChI is InChI=1S/C12H26N2O3/c1-3-11(4-2)14-12(16)10-13-6-5-8-17-9-7-15/h11,13,15H,3-10H2,1-2H3,(H,14,16). The van der Waals surface area contributed by atoms with Crippen LogP contribution in [0.25, 0.3) is 0 Å². The summed E-state index contributed by atoms with van der Waals surface area (Å²) < 4.78 is 5.10. The lowest BCUT2D eigenvalue weighted by molar-refractivity contribution is -0.121. The van der Waals surface area contributed by atoms with Gasteiger partial charge in [-0.15, -0.1) is 0 Å². The number of hydrogen-bond acceptors (Lipinski definition) is 4. The highest BCUT2D eigenvalue weighted by Gasteiger charge is 2.06. The number of nitrogens with one attached hydrogen (secondary N) is 2. The van der Waals surface area contributed by atoms with Crippen molar-refractivity contribution in [2.75, 3.05) is 32.9 Å². The minimum Gasteiger partial charge on any atom is -0.394 e. The highest BCUT2D eigenvalue weighted by atomic mass is 16.5. The number of carbonyl (C=O) groups excluding carboxylic acids is 1. The molecule has 102 valence electrons. The second kappa shape index (κ2) is 11.8. The molecule has 17 heavy (non-hydrogen) atoms. The molecule has 5 heteroatoms. The molecule has 0 unspecified atom stereocenters. The third kappa shape index (κ3) is 10.2. The van der Waals surface area contributed by atoms with Crippen LogP contribution >= 0.6 is 0 Å². The van der Waals surface area contributed by atoms with Gasteiger partial charge in [-0.2, -0.15) is 0 Å². The first kappa shape index (κ1) is 16.4. The summed E-state index contributed by atoms with van der Waals surface area (Å²) in [5.41, 5.74) is 0. The smallest absolute Gasteiger partial charge is 0.234 e. The van der Waals surface area contributed by atoms with Gasteiger partial charge in [-0.25, -0.2) is 0 Å². The summed E-state index contributed by atoms with van der Waals surface area (Å²) in [5.74, 6) is 0.0509. The lowest BCUT2D eigenvalue weighted by atomic mass is 10.2. The van der Waals surface area contributed by atoms with Gasteiger partial charge in [0.25, 0.3) is 0 Å². The quantitative estimate of drug-likeness (QED) is 0.458. The molecule has 1 amide bonds. The van der Waals surface area contributed by atoms with Crippen molar-refractivity contribution >= 4 is 5.91 Å². The van der Waals surface area contributed by atoms with Gasteiger partial charge in [0.2, 0.25) is 5.91 Å². The van der Waals surface area contributed by atoms with Gasteiger partial charge in [0.15, 0.2) is 0 Å². The number of amides is 1. The van der Waals surface area contributed by atoms with Crippen LogP contribution in [0.2, 0.25) is 0 Å². The minimum atomic E-state index is 0.0509. The van der Waals surface area contributed by atoms with Gasteiger partial charge in [-0.3, -0.25) is 4.79 Å². The number of aliphatic hydroxyl groups is 1. The maximum Gasteiger partial charge on any atom is 0.234 e. The van der Waals surface area contributed by atoms with Crippen molar-refractivity contribution in [2.24, 2.45) is 0 Å². The van der Waals surface area contributed by atoms with Crippen LogP contribution in [0, 0.1) is 0 Å². The maximum atomic E-state index is 11.5. The Bertz CT molecular complexity index is 185. The normalized spacial score (nSPS) is 10.8. The van der Waals surface area contributed by atoms with Crippen LogP contribution in [-0.4, -0.2) is 50.0 Å².